The fourth-order valence-corrected chi connectivity index (χ4v) is 4.48. The Kier molecular flexibility index (Phi) is 5.03. The number of hydrogen-bond donors (Lipinski definition) is 1. The molecule has 7 heteroatoms. The van der Waals surface area contributed by atoms with Gasteiger partial charge in [0.2, 0.25) is 15.9 Å². The molecule has 2 saturated heterocycles. The number of hydrogen-bond acceptors (Lipinski definition) is 4. The zero-order chi connectivity index (χ0) is 17.2. The maximum absolute atomic E-state index is 12.3. The number of nitrogens with two attached hydrogens (primary N) is 1. The quantitative estimate of drug-likeness (QED) is 0.855. The molecule has 2 fully saturated rings. The van der Waals surface area contributed by atoms with Crippen LogP contribution in [-0.4, -0.2) is 55.8 Å². The van der Waals surface area contributed by atoms with E-state index in [2.05, 4.69) is 4.90 Å². The number of carbonyl (C=O) groups is 1. The largest absolute Gasteiger partial charge is 0.369 e. The molecule has 0 aliphatic carbocycles. The van der Waals surface area contributed by atoms with E-state index in [1.807, 2.05) is 30.3 Å². The predicted molar refractivity (Wildman–Crippen MR) is 93.2 cm³/mol. The highest BCUT2D eigenvalue weighted by atomic mass is 32.2. The second-order valence-corrected chi connectivity index (χ2v) is 8.26. The van der Waals surface area contributed by atoms with Crippen molar-refractivity contribution in [1.29, 1.82) is 0 Å². The third-order valence-corrected chi connectivity index (χ3v) is 6.37. The van der Waals surface area contributed by atoms with Crippen molar-refractivity contribution >= 4 is 22.0 Å². The van der Waals surface area contributed by atoms with Crippen molar-refractivity contribution in [3.63, 3.8) is 0 Å². The van der Waals surface area contributed by atoms with Crippen molar-refractivity contribution in [1.82, 2.24) is 9.21 Å². The Morgan fingerprint density at radius 1 is 1.12 bits per heavy atom. The summed E-state index contributed by atoms with van der Waals surface area (Å²) in [6, 6.07) is 9.64. The van der Waals surface area contributed by atoms with Gasteiger partial charge < -0.3 is 5.73 Å². The number of carbonyl (C=O) groups excluding carboxylic acids is 1. The van der Waals surface area contributed by atoms with Gasteiger partial charge in [0.25, 0.3) is 0 Å². The van der Waals surface area contributed by atoms with Crippen LogP contribution in [0.15, 0.2) is 35.7 Å². The van der Waals surface area contributed by atoms with Gasteiger partial charge in [-0.15, -0.1) is 0 Å². The molecule has 0 radical (unpaired) electrons. The van der Waals surface area contributed by atoms with E-state index in [9.17, 15) is 13.2 Å². The third kappa shape index (κ3) is 3.85. The molecule has 2 aliphatic rings. The smallest absolute Gasteiger partial charge is 0.236 e. The summed E-state index contributed by atoms with van der Waals surface area (Å²) in [5.41, 5.74) is 6.21. The van der Waals surface area contributed by atoms with Gasteiger partial charge in [0.1, 0.15) is 0 Å². The van der Waals surface area contributed by atoms with Crippen LogP contribution in [0.3, 0.4) is 0 Å². The normalized spacial score (nSPS) is 21.8. The fourth-order valence-electron chi connectivity index (χ4n) is 3.22. The van der Waals surface area contributed by atoms with Gasteiger partial charge in [0.05, 0.1) is 0 Å². The number of primary amides is 1. The zero-order valence-electron chi connectivity index (χ0n) is 13.5. The van der Waals surface area contributed by atoms with E-state index in [4.69, 9.17) is 5.73 Å². The molecule has 130 valence electrons. The molecule has 0 aromatic heterocycles. The van der Waals surface area contributed by atoms with Crippen LogP contribution in [0.1, 0.15) is 18.4 Å². The van der Waals surface area contributed by atoms with E-state index >= 15 is 0 Å². The molecule has 24 heavy (non-hydrogen) atoms. The first-order valence-corrected chi connectivity index (χ1v) is 9.73. The molecule has 2 aliphatic heterocycles. The molecule has 0 unspecified atom stereocenters. The molecular formula is C17H23N3O3S. The SMILES string of the molecule is NC(=O)C1CCN(C2CN(S(=O)(=O)/C=C/c3ccccc3)C2)CC1. The average Bonchev–Trinajstić information content (AvgIpc) is 2.53. The number of likely N-dealkylation sites (tertiary alicyclic amines) is 1. The van der Waals surface area contributed by atoms with Gasteiger partial charge in [-0.3, -0.25) is 9.69 Å². The Morgan fingerprint density at radius 2 is 1.75 bits per heavy atom. The highest BCUT2D eigenvalue weighted by Gasteiger charge is 2.39. The van der Waals surface area contributed by atoms with Crippen LogP contribution in [-0.2, 0) is 14.8 Å². The first-order chi connectivity index (χ1) is 11.5. The minimum atomic E-state index is -3.37. The lowest BCUT2D eigenvalue weighted by Gasteiger charge is -2.46. The van der Waals surface area contributed by atoms with Gasteiger partial charge in [-0.2, -0.15) is 4.31 Å². The molecule has 0 spiro atoms. The predicted octanol–water partition coefficient (Wildman–Crippen LogP) is 0.869. The van der Waals surface area contributed by atoms with Crippen LogP contribution >= 0.6 is 0 Å². The monoisotopic (exact) mass is 349 g/mol. The molecule has 0 saturated carbocycles. The number of benzene rings is 1. The summed E-state index contributed by atoms with van der Waals surface area (Å²) in [4.78, 5) is 13.5. The Hall–Kier alpha value is -1.70. The van der Waals surface area contributed by atoms with Gasteiger partial charge in [-0.25, -0.2) is 8.42 Å². The van der Waals surface area contributed by atoms with Gasteiger partial charge in [0, 0.05) is 30.5 Å². The molecule has 1 amide bonds. The van der Waals surface area contributed by atoms with E-state index in [1.165, 1.54) is 9.71 Å². The van der Waals surface area contributed by atoms with Crippen molar-refractivity contribution in [2.45, 2.75) is 18.9 Å². The van der Waals surface area contributed by atoms with Crippen molar-refractivity contribution in [2.75, 3.05) is 26.2 Å². The van der Waals surface area contributed by atoms with E-state index in [0.717, 1.165) is 31.5 Å². The second-order valence-electron chi connectivity index (χ2n) is 6.44. The summed E-state index contributed by atoms with van der Waals surface area (Å²) in [5, 5.41) is 1.28. The van der Waals surface area contributed by atoms with Crippen molar-refractivity contribution < 1.29 is 13.2 Å². The topological polar surface area (TPSA) is 83.7 Å². The molecule has 6 nitrogen and oxygen atoms in total. The number of nitrogens with zero attached hydrogens (tertiary/aromatic N) is 2. The van der Waals surface area contributed by atoms with E-state index < -0.39 is 10.0 Å². The molecular weight excluding hydrogens is 326 g/mol. The standard InChI is InChI=1S/C17H23N3O3S/c18-17(21)15-6-9-19(10-7-15)16-12-20(13-16)24(22,23)11-8-14-4-2-1-3-5-14/h1-5,8,11,15-16H,6-7,9-10,12-13H2,(H2,18,21)/b11-8+. The molecule has 2 N–H and O–H groups in total. The van der Waals surface area contributed by atoms with Crippen LogP contribution in [0.25, 0.3) is 6.08 Å². The molecule has 0 atom stereocenters. The number of amides is 1. The van der Waals surface area contributed by atoms with E-state index in [1.54, 1.807) is 6.08 Å². The summed E-state index contributed by atoms with van der Waals surface area (Å²) < 4.78 is 26.1. The van der Waals surface area contributed by atoms with Gasteiger partial charge in [0.15, 0.2) is 0 Å². The molecule has 1 aromatic carbocycles. The first-order valence-electron chi connectivity index (χ1n) is 8.22. The lowest BCUT2D eigenvalue weighted by atomic mass is 9.94. The Morgan fingerprint density at radius 3 is 2.33 bits per heavy atom. The maximum Gasteiger partial charge on any atom is 0.236 e. The molecule has 1 aromatic rings. The Balaban J connectivity index is 1.51. The van der Waals surface area contributed by atoms with E-state index in [0.29, 0.717) is 13.1 Å². The van der Waals surface area contributed by atoms with Crippen LogP contribution in [0.4, 0.5) is 0 Å². The number of rotatable bonds is 5. The average molecular weight is 349 g/mol. The van der Waals surface area contributed by atoms with Gasteiger partial charge >= 0.3 is 0 Å². The molecule has 3 rings (SSSR count). The summed E-state index contributed by atoms with van der Waals surface area (Å²) in [5.74, 6) is -0.256. The lowest BCUT2D eigenvalue weighted by Crippen LogP contribution is -2.62. The van der Waals surface area contributed by atoms with Crippen LogP contribution < -0.4 is 5.73 Å². The third-order valence-electron chi connectivity index (χ3n) is 4.87. The zero-order valence-corrected chi connectivity index (χ0v) is 14.4. The first kappa shape index (κ1) is 17.1. The van der Waals surface area contributed by atoms with Crippen LogP contribution in [0.5, 0.6) is 0 Å². The summed E-state index contributed by atoms with van der Waals surface area (Å²) >= 11 is 0. The highest BCUT2D eigenvalue weighted by molar-refractivity contribution is 7.92. The lowest BCUT2D eigenvalue weighted by molar-refractivity contribution is -0.123. The van der Waals surface area contributed by atoms with Gasteiger partial charge in [-0.05, 0) is 37.6 Å². The van der Waals surface area contributed by atoms with Crippen molar-refractivity contribution in [3.05, 3.63) is 41.3 Å². The Bertz CT molecular complexity index is 704. The minimum absolute atomic E-state index is 0.0324. The Labute approximate surface area is 143 Å². The van der Waals surface area contributed by atoms with Crippen molar-refractivity contribution in [3.8, 4) is 0 Å². The van der Waals surface area contributed by atoms with Crippen LogP contribution in [0, 0.1) is 5.92 Å². The molecule has 0 bridgehead atoms. The van der Waals surface area contributed by atoms with Crippen molar-refractivity contribution in [2.24, 2.45) is 11.7 Å². The fraction of sp³-hybridized carbons (Fsp3) is 0.471. The summed E-state index contributed by atoms with van der Waals surface area (Å²) in [7, 11) is -3.37. The number of sulfonamides is 1. The van der Waals surface area contributed by atoms with Gasteiger partial charge in [-0.1, -0.05) is 30.3 Å². The van der Waals surface area contributed by atoms with Crippen LogP contribution in [0.2, 0.25) is 0 Å². The summed E-state index contributed by atoms with van der Waals surface area (Å²) in [6.45, 7) is 2.66. The molecule has 2 heterocycles. The highest BCUT2D eigenvalue weighted by Crippen LogP contribution is 2.25. The second kappa shape index (κ2) is 7.04. The number of piperidine rings is 1. The maximum atomic E-state index is 12.3. The summed E-state index contributed by atoms with van der Waals surface area (Å²) in [6.07, 6.45) is 3.17. The van der Waals surface area contributed by atoms with E-state index in [-0.39, 0.29) is 17.9 Å². The minimum Gasteiger partial charge on any atom is -0.369 e.